The van der Waals surface area contributed by atoms with Crippen molar-refractivity contribution in [3.05, 3.63) is 52.9 Å². The number of carbonyl (C=O) groups is 1. The van der Waals surface area contributed by atoms with Gasteiger partial charge in [-0.1, -0.05) is 13.8 Å². The molecule has 6 nitrogen and oxygen atoms in total. The van der Waals surface area contributed by atoms with Gasteiger partial charge in [0.15, 0.2) is 5.65 Å². The number of carbonyl (C=O) groups excluding carboxylic acids is 1. The fourth-order valence-electron chi connectivity index (χ4n) is 3.33. The summed E-state index contributed by atoms with van der Waals surface area (Å²) in [6, 6.07) is 3.28. The summed E-state index contributed by atoms with van der Waals surface area (Å²) < 4.78 is 38.3. The maximum Gasteiger partial charge on any atom is 0.340 e. The van der Waals surface area contributed by atoms with Crippen molar-refractivity contribution in [1.29, 1.82) is 0 Å². The molecule has 29 heavy (non-hydrogen) atoms. The first-order chi connectivity index (χ1) is 13.8. The van der Waals surface area contributed by atoms with E-state index in [4.69, 9.17) is 4.74 Å². The molecule has 0 bridgehead atoms. The van der Waals surface area contributed by atoms with Crippen molar-refractivity contribution in [2.45, 2.75) is 33.1 Å². The van der Waals surface area contributed by atoms with Crippen LogP contribution in [0.5, 0.6) is 0 Å². The number of esters is 1. The maximum absolute atomic E-state index is 13.7. The molecule has 0 fully saturated rings. The maximum atomic E-state index is 13.7. The topological polar surface area (TPSA) is 69.3 Å². The zero-order valence-electron chi connectivity index (χ0n) is 16.9. The first-order valence-corrected chi connectivity index (χ1v) is 9.41. The number of fused-ring (bicyclic) bond motifs is 1. The van der Waals surface area contributed by atoms with Gasteiger partial charge < -0.3 is 9.47 Å². The highest BCUT2D eigenvalue weighted by Crippen LogP contribution is 2.31. The fraction of sp³-hybridized carbons (Fsp3) is 0.381. The largest absolute Gasteiger partial charge is 0.462 e. The molecular formula is C21H24F2N3O3+. The first-order valence-electron chi connectivity index (χ1n) is 9.41. The average molecular weight is 404 g/mol. The van der Waals surface area contributed by atoms with Gasteiger partial charge in [0.25, 0.3) is 0 Å². The lowest BCUT2D eigenvalue weighted by molar-refractivity contribution is 0.000478. The summed E-state index contributed by atoms with van der Waals surface area (Å²) in [5.74, 6) is -1.89. The lowest BCUT2D eigenvalue weighted by atomic mass is 10.00. The van der Waals surface area contributed by atoms with Crippen LogP contribution >= 0.6 is 0 Å². The highest BCUT2D eigenvalue weighted by Gasteiger charge is 2.24. The van der Waals surface area contributed by atoms with E-state index in [-0.39, 0.29) is 12.5 Å². The van der Waals surface area contributed by atoms with Gasteiger partial charge in [-0.25, -0.2) is 23.1 Å². The number of hydrogen-bond acceptors (Lipinski definition) is 4. The number of hydrogen-bond donors (Lipinski definition) is 0. The first kappa shape index (κ1) is 20.9. The molecule has 3 aromatic rings. The number of rotatable bonds is 7. The number of benzene rings is 1. The molecule has 154 valence electrons. The van der Waals surface area contributed by atoms with Crippen LogP contribution in [0, 0.1) is 18.6 Å². The normalized spacial score (nSPS) is 11.4. The quantitative estimate of drug-likeness (QED) is 0.341. The Balaban J connectivity index is 2.10. The van der Waals surface area contributed by atoms with E-state index >= 15 is 0 Å². The molecule has 8 heteroatoms. The molecule has 2 aromatic heterocycles. The lowest BCUT2D eigenvalue weighted by Crippen LogP contribution is -2.14. The molecule has 0 amide bonds. The van der Waals surface area contributed by atoms with E-state index in [0.717, 1.165) is 6.07 Å². The van der Waals surface area contributed by atoms with Crippen LogP contribution < -0.4 is 0 Å². The monoisotopic (exact) mass is 404 g/mol. The van der Waals surface area contributed by atoms with E-state index in [0.29, 0.717) is 46.8 Å². The fourth-order valence-corrected chi connectivity index (χ4v) is 3.33. The van der Waals surface area contributed by atoms with E-state index in [2.05, 4.69) is 14.8 Å². The second kappa shape index (κ2) is 8.65. The molecule has 0 radical (unpaired) electrons. The molecule has 0 aliphatic carbocycles. The van der Waals surface area contributed by atoms with Crippen molar-refractivity contribution in [3.63, 3.8) is 0 Å². The third-order valence-corrected chi connectivity index (χ3v) is 4.55. The van der Waals surface area contributed by atoms with Crippen molar-refractivity contribution in [2.75, 3.05) is 20.3 Å². The number of imidazole rings is 1. The van der Waals surface area contributed by atoms with E-state index in [1.54, 1.807) is 14.0 Å². The van der Waals surface area contributed by atoms with Gasteiger partial charge in [-0.05, 0) is 25.0 Å². The summed E-state index contributed by atoms with van der Waals surface area (Å²) in [6.07, 6.45) is 2.07. The van der Waals surface area contributed by atoms with Crippen LogP contribution in [-0.4, -0.2) is 45.6 Å². The van der Waals surface area contributed by atoms with Crippen LogP contribution in [0.4, 0.5) is 8.78 Å². The second-order valence-corrected chi connectivity index (χ2v) is 7.10. The Morgan fingerprint density at radius 3 is 2.55 bits per heavy atom. The summed E-state index contributed by atoms with van der Waals surface area (Å²) in [4.78, 5) is 17.2. The Kier molecular flexibility index (Phi) is 6.22. The molecular weight excluding hydrogens is 380 g/mol. The Morgan fingerprint density at radius 2 is 1.93 bits per heavy atom. The standard InChI is InChI=1S/C21H23F2N3O3/c1-12(2)18-17(21(27)29-7-5-6-28-4)11-24-26-19(13(3)25-20(18)26)14-8-15(22)10-16(23)9-14/h8-12H,5-7H2,1-4H3/p+1. The number of ether oxygens (including phenoxy) is 2. The van der Waals surface area contributed by atoms with Crippen LogP contribution in [0.3, 0.4) is 0 Å². The summed E-state index contributed by atoms with van der Waals surface area (Å²) in [5, 5.41) is 4.34. The Bertz CT molecular complexity index is 1030. The van der Waals surface area contributed by atoms with Crippen molar-refractivity contribution in [3.8, 4) is 11.3 Å². The molecule has 1 aromatic carbocycles. The SMILES string of the molecule is C[OH+]CCCOC(=O)c1cnn2c(-c3cc(F)cc(F)c3)c(C)nc2c1C(C)C. The molecule has 2 heterocycles. The molecule has 1 N–H and O–H groups in total. The molecule has 0 unspecified atom stereocenters. The summed E-state index contributed by atoms with van der Waals surface area (Å²) >= 11 is 0. The molecule has 0 aliphatic heterocycles. The van der Waals surface area contributed by atoms with Gasteiger partial charge in [-0.15, -0.1) is 0 Å². The lowest BCUT2D eigenvalue weighted by Gasteiger charge is -2.13. The van der Waals surface area contributed by atoms with Crippen molar-refractivity contribution in [1.82, 2.24) is 14.6 Å². The smallest absolute Gasteiger partial charge is 0.340 e. The Hall–Kier alpha value is -2.87. The van der Waals surface area contributed by atoms with Crippen LogP contribution in [0.25, 0.3) is 16.9 Å². The number of aliphatic hydroxyl groups is 2. The number of aromatic nitrogens is 3. The molecule has 0 atom stereocenters. The van der Waals surface area contributed by atoms with E-state index in [1.165, 1.54) is 22.8 Å². The molecule has 0 aliphatic rings. The average Bonchev–Trinajstić information content (AvgIpc) is 2.98. The van der Waals surface area contributed by atoms with Gasteiger partial charge in [0.05, 0.1) is 36.2 Å². The zero-order valence-corrected chi connectivity index (χ0v) is 16.9. The third kappa shape index (κ3) is 4.27. The van der Waals surface area contributed by atoms with Crippen LogP contribution in [0.2, 0.25) is 0 Å². The number of halogens is 2. The molecule has 0 saturated heterocycles. The van der Waals surface area contributed by atoms with Gasteiger partial charge in [-0.2, -0.15) is 5.10 Å². The van der Waals surface area contributed by atoms with Gasteiger partial charge in [0.1, 0.15) is 25.4 Å². The molecule has 0 saturated carbocycles. The van der Waals surface area contributed by atoms with E-state index in [1.807, 2.05) is 13.8 Å². The summed E-state index contributed by atoms with van der Waals surface area (Å²) in [6.45, 7) is 6.50. The van der Waals surface area contributed by atoms with Gasteiger partial charge in [0.2, 0.25) is 0 Å². The zero-order chi connectivity index (χ0) is 21.1. The van der Waals surface area contributed by atoms with Crippen LogP contribution in [0.15, 0.2) is 24.4 Å². The molecule has 0 spiro atoms. The Morgan fingerprint density at radius 1 is 1.24 bits per heavy atom. The Labute approximate surface area is 167 Å². The minimum Gasteiger partial charge on any atom is -0.462 e. The minimum atomic E-state index is -0.683. The number of aryl methyl sites for hydroxylation is 1. The predicted octanol–water partition coefficient (Wildman–Crippen LogP) is 3.81. The highest BCUT2D eigenvalue weighted by atomic mass is 19.1. The summed E-state index contributed by atoms with van der Waals surface area (Å²) in [5.41, 5.74) is 2.84. The van der Waals surface area contributed by atoms with Gasteiger partial charge in [-0.3, -0.25) is 0 Å². The van der Waals surface area contributed by atoms with Crippen LogP contribution in [0.1, 0.15) is 47.8 Å². The van der Waals surface area contributed by atoms with Crippen LogP contribution in [-0.2, 0) is 4.74 Å². The third-order valence-electron chi connectivity index (χ3n) is 4.55. The van der Waals surface area contributed by atoms with E-state index < -0.39 is 17.6 Å². The minimum absolute atomic E-state index is 0.0485. The predicted molar refractivity (Wildman–Crippen MR) is 105 cm³/mol. The second-order valence-electron chi connectivity index (χ2n) is 7.10. The van der Waals surface area contributed by atoms with Crippen molar-refractivity contribution < 1.29 is 23.0 Å². The van der Waals surface area contributed by atoms with Gasteiger partial charge in [0, 0.05) is 17.2 Å². The van der Waals surface area contributed by atoms with Crippen molar-refractivity contribution >= 4 is 11.6 Å². The number of nitrogens with zero attached hydrogens (tertiary/aromatic N) is 3. The summed E-state index contributed by atoms with van der Waals surface area (Å²) in [7, 11) is 1.71. The highest BCUT2D eigenvalue weighted by molar-refractivity contribution is 5.93. The van der Waals surface area contributed by atoms with Gasteiger partial charge >= 0.3 is 5.97 Å². The van der Waals surface area contributed by atoms with E-state index in [9.17, 15) is 13.6 Å². The molecule has 3 rings (SSSR count). The van der Waals surface area contributed by atoms with Crippen molar-refractivity contribution in [2.24, 2.45) is 0 Å².